The fraction of sp³-hybridized carbons (Fsp3) is 0.348. The van der Waals surface area contributed by atoms with Crippen molar-refractivity contribution in [3.63, 3.8) is 0 Å². The highest BCUT2D eigenvalue weighted by atomic mass is 19.4. The number of aryl methyl sites for hydroxylation is 2. The maximum absolute atomic E-state index is 13.5. The van der Waals surface area contributed by atoms with E-state index in [1.807, 2.05) is 19.1 Å². The number of halogens is 3. The van der Waals surface area contributed by atoms with Crippen molar-refractivity contribution in [2.45, 2.75) is 38.9 Å². The minimum Gasteiger partial charge on any atom is -0.330 e. The van der Waals surface area contributed by atoms with E-state index in [0.29, 0.717) is 29.7 Å². The third kappa shape index (κ3) is 3.82. The van der Waals surface area contributed by atoms with Crippen molar-refractivity contribution in [1.82, 2.24) is 19.7 Å². The fourth-order valence-electron chi connectivity index (χ4n) is 4.16. The number of hydrogen-bond acceptors (Lipinski definition) is 3. The Balaban J connectivity index is 1.72. The first-order valence-corrected chi connectivity index (χ1v) is 10.2. The van der Waals surface area contributed by atoms with Crippen LogP contribution in [0.1, 0.15) is 52.8 Å². The Morgan fingerprint density at radius 3 is 2.61 bits per heavy atom. The first kappa shape index (κ1) is 21.1. The zero-order valence-electron chi connectivity index (χ0n) is 17.6. The van der Waals surface area contributed by atoms with Crippen molar-refractivity contribution >= 4 is 5.91 Å². The first-order valence-electron chi connectivity index (χ1n) is 10.2. The van der Waals surface area contributed by atoms with E-state index >= 15 is 0 Å². The van der Waals surface area contributed by atoms with E-state index in [1.165, 1.54) is 13.2 Å². The number of aromatic nitrogens is 3. The summed E-state index contributed by atoms with van der Waals surface area (Å²) in [4.78, 5) is 19.5. The zero-order chi connectivity index (χ0) is 22.3. The number of rotatable bonds is 4. The fourth-order valence-corrected chi connectivity index (χ4v) is 4.16. The summed E-state index contributed by atoms with van der Waals surface area (Å²) in [6.07, 6.45) is -0.144. The van der Waals surface area contributed by atoms with Gasteiger partial charge < -0.3 is 4.90 Å². The monoisotopic (exact) mass is 428 g/mol. The summed E-state index contributed by atoms with van der Waals surface area (Å²) in [6.45, 7) is 4.39. The van der Waals surface area contributed by atoms with E-state index in [0.717, 1.165) is 22.4 Å². The van der Waals surface area contributed by atoms with E-state index < -0.39 is 11.9 Å². The molecule has 0 fully saturated rings. The molecule has 8 heteroatoms. The maximum atomic E-state index is 13.5. The summed E-state index contributed by atoms with van der Waals surface area (Å²) in [6, 6.07) is 8.64. The molecule has 0 radical (unpaired) electrons. The van der Waals surface area contributed by atoms with Gasteiger partial charge in [-0.3, -0.25) is 14.5 Å². The molecule has 0 N–H and O–H groups in total. The lowest BCUT2D eigenvalue weighted by molar-refractivity contribution is -0.140. The molecule has 1 atom stereocenters. The maximum Gasteiger partial charge on any atom is 0.435 e. The molecule has 4 rings (SSSR count). The van der Waals surface area contributed by atoms with E-state index in [2.05, 4.69) is 17.0 Å². The molecule has 1 aliphatic rings. The predicted molar refractivity (Wildman–Crippen MR) is 110 cm³/mol. The van der Waals surface area contributed by atoms with Crippen LogP contribution in [0.5, 0.6) is 0 Å². The molecule has 0 aliphatic carbocycles. The number of carbonyl (C=O) groups excluding carboxylic acids is 1. The van der Waals surface area contributed by atoms with Gasteiger partial charge in [0.1, 0.15) is 0 Å². The molecule has 1 aliphatic heterocycles. The van der Waals surface area contributed by atoms with Gasteiger partial charge in [0.05, 0.1) is 11.7 Å². The van der Waals surface area contributed by atoms with Gasteiger partial charge >= 0.3 is 6.18 Å². The summed E-state index contributed by atoms with van der Waals surface area (Å²) in [7, 11) is 1.46. The van der Waals surface area contributed by atoms with Gasteiger partial charge in [-0.15, -0.1) is 0 Å². The molecule has 162 valence electrons. The van der Waals surface area contributed by atoms with Crippen LogP contribution >= 0.6 is 0 Å². The number of amides is 1. The molecule has 3 aromatic rings. The molecule has 0 saturated carbocycles. The van der Waals surface area contributed by atoms with Crippen LogP contribution in [0, 0.1) is 0 Å². The number of pyridine rings is 1. The van der Waals surface area contributed by atoms with E-state index in [4.69, 9.17) is 0 Å². The highest BCUT2D eigenvalue weighted by Gasteiger charge is 2.39. The average Bonchev–Trinajstić information content (AvgIpc) is 3.15. The summed E-state index contributed by atoms with van der Waals surface area (Å²) in [5, 5.41) is 3.61. The number of fused-ring (bicyclic) bond motifs is 1. The van der Waals surface area contributed by atoms with Gasteiger partial charge in [-0.25, -0.2) is 0 Å². The number of nitrogens with zero attached hydrogens (tertiary/aromatic N) is 4. The van der Waals surface area contributed by atoms with Crippen molar-refractivity contribution in [1.29, 1.82) is 0 Å². The van der Waals surface area contributed by atoms with Crippen LogP contribution in [0.4, 0.5) is 13.2 Å². The third-order valence-corrected chi connectivity index (χ3v) is 5.81. The van der Waals surface area contributed by atoms with E-state index in [-0.39, 0.29) is 17.5 Å². The molecule has 3 heterocycles. The van der Waals surface area contributed by atoms with Crippen LogP contribution in [0.25, 0.3) is 11.1 Å². The van der Waals surface area contributed by atoms with Gasteiger partial charge in [0.15, 0.2) is 5.69 Å². The van der Waals surface area contributed by atoms with Gasteiger partial charge in [-0.1, -0.05) is 19.1 Å². The van der Waals surface area contributed by atoms with Gasteiger partial charge in [-0.05, 0) is 54.7 Å². The number of carbonyl (C=O) groups is 1. The van der Waals surface area contributed by atoms with Crippen LogP contribution < -0.4 is 0 Å². The van der Waals surface area contributed by atoms with Crippen molar-refractivity contribution in [2.75, 3.05) is 6.54 Å². The lowest BCUT2D eigenvalue weighted by Crippen LogP contribution is -2.39. The van der Waals surface area contributed by atoms with Crippen LogP contribution in [0.15, 0.2) is 42.7 Å². The molecule has 5 nitrogen and oxygen atoms in total. The second-order valence-electron chi connectivity index (χ2n) is 7.76. The highest BCUT2D eigenvalue weighted by Crippen LogP contribution is 2.39. The largest absolute Gasteiger partial charge is 0.435 e. The number of benzene rings is 1. The van der Waals surface area contributed by atoms with E-state index in [9.17, 15) is 18.0 Å². The molecular weight excluding hydrogens is 405 g/mol. The number of hydrogen-bond donors (Lipinski definition) is 0. The van der Waals surface area contributed by atoms with Crippen LogP contribution in [0.2, 0.25) is 0 Å². The van der Waals surface area contributed by atoms with Gasteiger partial charge in [0, 0.05) is 37.1 Å². The Hall–Kier alpha value is -3.16. The predicted octanol–water partition coefficient (Wildman–Crippen LogP) is 4.82. The lowest BCUT2D eigenvalue weighted by Gasteiger charge is -2.34. The second kappa shape index (κ2) is 7.83. The molecule has 2 aromatic heterocycles. The highest BCUT2D eigenvalue weighted by molar-refractivity contribution is 5.99. The topological polar surface area (TPSA) is 51.0 Å². The first-order chi connectivity index (χ1) is 14.7. The van der Waals surface area contributed by atoms with Crippen molar-refractivity contribution < 1.29 is 18.0 Å². The molecule has 1 aromatic carbocycles. The van der Waals surface area contributed by atoms with Crippen LogP contribution in [-0.4, -0.2) is 32.1 Å². The van der Waals surface area contributed by atoms with Gasteiger partial charge in [0.25, 0.3) is 5.91 Å². The van der Waals surface area contributed by atoms with Crippen LogP contribution in [0.3, 0.4) is 0 Å². The van der Waals surface area contributed by atoms with Crippen molar-refractivity contribution in [2.24, 2.45) is 7.05 Å². The SMILES string of the molecule is CCc1ccnc(C(C)N2CCc3c(cccc3-c3cn(C)nc3C(F)(F)F)C2=O)c1. The Kier molecular flexibility index (Phi) is 5.33. The summed E-state index contributed by atoms with van der Waals surface area (Å²) in [5.41, 5.74) is 2.47. The molecule has 0 spiro atoms. The molecule has 31 heavy (non-hydrogen) atoms. The minimum absolute atomic E-state index is 0.00142. The summed E-state index contributed by atoms with van der Waals surface area (Å²) in [5.74, 6) is -0.197. The summed E-state index contributed by atoms with van der Waals surface area (Å²) < 4.78 is 41.7. The Labute approximate surface area is 178 Å². The summed E-state index contributed by atoms with van der Waals surface area (Å²) >= 11 is 0. The van der Waals surface area contributed by atoms with Gasteiger partial charge in [0.2, 0.25) is 0 Å². The second-order valence-corrected chi connectivity index (χ2v) is 7.76. The standard InChI is InChI=1S/C23H23F3N4O/c1-4-15-8-10-27-20(12-15)14(2)30-11-9-17-16(6-5-7-18(17)22(30)31)19-13-29(3)28-21(19)23(24,25)26/h5-8,10,12-14H,4,9,11H2,1-3H3. The Bertz CT molecular complexity index is 1140. The zero-order valence-corrected chi connectivity index (χ0v) is 17.6. The van der Waals surface area contributed by atoms with E-state index in [1.54, 1.807) is 29.3 Å². The minimum atomic E-state index is -4.57. The Morgan fingerprint density at radius 2 is 1.90 bits per heavy atom. The molecule has 1 unspecified atom stereocenters. The van der Waals surface area contributed by atoms with Gasteiger partial charge in [-0.2, -0.15) is 18.3 Å². The molecule has 0 saturated heterocycles. The Morgan fingerprint density at radius 1 is 1.16 bits per heavy atom. The molecule has 1 amide bonds. The quantitative estimate of drug-likeness (QED) is 0.599. The third-order valence-electron chi connectivity index (χ3n) is 5.81. The van der Waals surface area contributed by atoms with Crippen LogP contribution in [-0.2, 0) is 26.1 Å². The molecular formula is C23H23F3N4O. The van der Waals surface area contributed by atoms with Crippen molar-refractivity contribution in [3.8, 4) is 11.1 Å². The molecule has 0 bridgehead atoms. The average molecular weight is 428 g/mol. The number of alkyl halides is 3. The van der Waals surface area contributed by atoms with Crippen molar-refractivity contribution in [3.05, 3.63) is 70.8 Å². The smallest absolute Gasteiger partial charge is 0.330 e. The lowest BCUT2D eigenvalue weighted by atomic mass is 9.89. The normalized spacial score (nSPS) is 15.2.